The summed E-state index contributed by atoms with van der Waals surface area (Å²) in [6.45, 7) is 1.94. The van der Waals surface area contributed by atoms with Crippen LogP contribution in [0, 0.1) is 12.7 Å². The van der Waals surface area contributed by atoms with Crippen molar-refractivity contribution in [3.63, 3.8) is 0 Å². The molecule has 146 valence electrons. The van der Waals surface area contributed by atoms with Gasteiger partial charge in [-0.15, -0.1) is 21.5 Å². The first kappa shape index (κ1) is 20.0. The van der Waals surface area contributed by atoms with Gasteiger partial charge in [0.25, 0.3) is 5.91 Å². The maximum atomic E-state index is 13.6. The predicted molar refractivity (Wildman–Crippen MR) is 105 cm³/mol. The number of aromatic nitrogens is 4. The van der Waals surface area contributed by atoms with Crippen LogP contribution in [0.4, 0.5) is 9.52 Å². The molecule has 0 aliphatic carbocycles. The lowest BCUT2D eigenvalue weighted by Gasteiger charge is -2.06. The Hall–Kier alpha value is -2.79. The Morgan fingerprint density at radius 3 is 2.79 bits per heavy atom. The van der Waals surface area contributed by atoms with E-state index in [1.807, 2.05) is 12.3 Å². The molecule has 11 heteroatoms. The fourth-order valence-electron chi connectivity index (χ4n) is 2.22. The van der Waals surface area contributed by atoms with Gasteiger partial charge in [0, 0.05) is 12.4 Å². The van der Waals surface area contributed by atoms with E-state index in [1.54, 1.807) is 17.7 Å². The molecule has 0 spiro atoms. The number of hydrogen-bond acceptors (Lipinski definition) is 7. The number of carbonyl (C=O) groups excluding carboxylic acids is 2. The van der Waals surface area contributed by atoms with E-state index in [0.29, 0.717) is 16.1 Å². The van der Waals surface area contributed by atoms with E-state index in [4.69, 9.17) is 0 Å². The number of nitrogens with one attached hydrogen (secondary N) is 2. The normalized spacial score (nSPS) is 10.7. The number of benzene rings is 1. The van der Waals surface area contributed by atoms with Crippen LogP contribution in [-0.4, -0.2) is 37.3 Å². The second kappa shape index (κ2) is 8.93. The van der Waals surface area contributed by atoms with Gasteiger partial charge in [-0.1, -0.05) is 23.9 Å². The maximum Gasteiger partial charge on any atom is 0.254 e. The number of rotatable bonds is 7. The highest BCUT2D eigenvalue weighted by molar-refractivity contribution is 7.99. The maximum absolute atomic E-state index is 13.6. The molecule has 0 aliphatic heterocycles. The molecule has 0 saturated heterocycles. The molecule has 0 unspecified atom stereocenters. The van der Waals surface area contributed by atoms with Crippen LogP contribution in [0.1, 0.15) is 21.9 Å². The molecule has 0 bridgehead atoms. The van der Waals surface area contributed by atoms with Crippen LogP contribution in [-0.2, 0) is 18.4 Å². The van der Waals surface area contributed by atoms with E-state index in [0.717, 1.165) is 5.69 Å². The first-order valence-corrected chi connectivity index (χ1v) is 10.1. The Morgan fingerprint density at radius 1 is 1.29 bits per heavy atom. The molecule has 0 atom stereocenters. The molecule has 2 amide bonds. The predicted octanol–water partition coefficient (Wildman–Crippen LogP) is 2.38. The van der Waals surface area contributed by atoms with Gasteiger partial charge in [0.2, 0.25) is 5.91 Å². The van der Waals surface area contributed by atoms with Gasteiger partial charge in [-0.25, -0.2) is 9.37 Å². The molecule has 0 aliphatic rings. The molecule has 0 fully saturated rings. The number of carbonyl (C=O) groups is 2. The van der Waals surface area contributed by atoms with E-state index in [2.05, 4.69) is 25.8 Å². The average molecular weight is 420 g/mol. The van der Waals surface area contributed by atoms with Gasteiger partial charge in [-0.05, 0) is 19.1 Å². The molecule has 28 heavy (non-hydrogen) atoms. The zero-order chi connectivity index (χ0) is 20.1. The number of halogens is 1. The molecule has 3 aromatic rings. The van der Waals surface area contributed by atoms with Crippen molar-refractivity contribution in [2.45, 2.75) is 18.6 Å². The Bertz CT molecular complexity index is 1000. The van der Waals surface area contributed by atoms with Crippen LogP contribution >= 0.6 is 23.1 Å². The highest BCUT2D eigenvalue weighted by Gasteiger charge is 2.15. The van der Waals surface area contributed by atoms with Crippen LogP contribution in [0.25, 0.3) is 0 Å². The molecule has 2 aromatic heterocycles. The van der Waals surface area contributed by atoms with Crippen LogP contribution in [0.15, 0.2) is 34.8 Å². The molecule has 8 nitrogen and oxygen atoms in total. The fraction of sp³-hybridized carbons (Fsp3) is 0.235. The summed E-state index contributed by atoms with van der Waals surface area (Å²) in [6.07, 6.45) is 0. The molecule has 2 N–H and O–H groups in total. The summed E-state index contributed by atoms with van der Waals surface area (Å²) in [4.78, 5) is 28.3. The monoisotopic (exact) mass is 420 g/mol. The lowest BCUT2D eigenvalue weighted by Crippen LogP contribution is -2.25. The number of thiazole rings is 1. The van der Waals surface area contributed by atoms with Crippen molar-refractivity contribution < 1.29 is 14.0 Å². The van der Waals surface area contributed by atoms with E-state index in [1.165, 1.54) is 41.3 Å². The smallest absolute Gasteiger partial charge is 0.254 e. The minimum atomic E-state index is -0.587. The Labute approximate surface area is 168 Å². The minimum absolute atomic E-state index is 0.0339. The van der Waals surface area contributed by atoms with Crippen molar-refractivity contribution in [2.75, 3.05) is 11.1 Å². The minimum Gasteiger partial charge on any atom is -0.345 e. The quantitative estimate of drug-likeness (QED) is 0.569. The lowest BCUT2D eigenvalue weighted by atomic mass is 10.2. The summed E-state index contributed by atoms with van der Waals surface area (Å²) < 4.78 is 15.3. The van der Waals surface area contributed by atoms with Gasteiger partial charge < -0.3 is 15.2 Å². The molecular formula is C17H17FN6O2S2. The van der Waals surface area contributed by atoms with Gasteiger partial charge in [-0.3, -0.25) is 9.59 Å². The van der Waals surface area contributed by atoms with Gasteiger partial charge in [0.1, 0.15) is 5.82 Å². The Kier molecular flexibility index (Phi) is 6.37. The topological polar surface area (TPSA) is 102 Å². The zero-order valence-electron chi connectivity index (χ0n) is 15.1. The highest BCUT2D eigenvalue weighted by atomic mass is 32.2. The van der Waals surface area contributed by atoms with E-state index in [9.17, 15) is 14.0 Å². The second-order valence-electron chi connectivity index (χ2n) is 5.75. The van der Waals surface area contributed by atoms with Crippen molar-refractivity contribution >= 4 is 40.0 Å². The van der Waals surface area contributed by atoms with Crippen molar-refractivity contribution in [3.05, 3.63) is 52.5 Å². The third kappa shape index (κ3) is 4.93. The fourth-order valence-corrected chi connectivity index (χ4v) is 3.66. The third-order valence-electron chi connectivity index (χ3n) is 3.65. The van der Waals surface area contributed by atoms with Crippen LogP contribution in [0.2, 0.25) is 0 Å². The number of hydrogen-bond donors (Lipinski definition) is 2. The SMILES string of the molecule is Cc1csc(NC(=O)CSc2nnc(CNC(=O)c3ccccc3F)n2C)n1. The van der Waals surface area contributed by atoms with Gasteiger partial charge in [0.05, 0.1) is 23.6 Å². The molecule has 2 heterocycles. The second-order valence-corrected chi connectivity index (χ2v) is 7.55. The van der Waals surface area contributed by atoms with Gasteiger partial charge >= 0.3 is 0 Å². The average Bonchev–Trinajstić information content (AvgIpc) is 3.23. The van der Waals surface area contributed by atoms with Gasteiger partial charge in [0.15, 0.2) is 16.1 Å². The summed E-state index contributed by atoms with van der Waals surface area (Å²) in [5, 5.41) is 16.3. The van der Waals surface area contributed by atoms with Crippen molar-refractivity contribution in [3.8, 4) is 0 Å². The molecule has 0 saturated carbocycles. The van der Waals surface area contributed by atoms with E-state index >= 15 is 0 Å². The number of aryl methyl sites for hydroxylation is 1. The van der Waals surface area contributed by atoms with Crippen molar-refractivity contribution in [1.29, 1.82) is 0 Å². The van der Waals surface area contributed by atoms with Gasteiger partial charge in [-0.2, -0.15) is 0 Å². The highest BCUT2D eigenvalue weighted by Crippen LogP contribution is 2.18. The van der Waals surface area contributed by atoms with Crippen LogP contribution in [0.3, 0.4) is 0 Å². The largest absolute Gasteiger partial charge is 0.345 e. The molecular weight excluding hydrogens is 403 g/mol. The summed E-state index contributed by atoms with van der Waals surface area (Å²) in [6, 6.07) is 5.74. The number of thioether (sulfide) groups is 1. The van der Waals surface area contributed by atoms with Crippen molar-refractivity contribution in [2.24, 2.45) is 7.05 Å². The van der Waals surface area contributed by atoms with E-state index in [-0.39, 0.29) is 23.8 Å². The number of nitrogens with zero attached hydrogens (tertiary/aromatic N) is 4. The summed E-state index contributed by atoms with van der Waals surface area (Å²) in [7, 11) is 1.73. The summed E-state index contributed by atoms with van der Waals surface area (Å²) in [5.74, 6) is -0.685. The van der Waals surface area contributed by atoms with Crippen LogP contribution < -0.4 is 10.6 Å². The van der Waals surface area contributed by atoms with E-state index < -0.39 is 11.7 Å². The first-order chi connectivity index (χ1) is 13.4. The number of anilines is 1. The Balaban J connectivity index is 1.52. The summed E-state index contributed by atoms with van der Waals surface area (Å²) in [5.41, 5.74) is 0.816. The van der Waals surface area contributed by atoms with Crippen molar-refractivity contribution in [1.82, 2.24) is 25.1 Å². The molecule has 0 radical (unpaired) electrons. The standard InChI is InChI=1S/C17H17FN6O2S2/c1-10-8-27-16(20-10)21-14(25)9-28-17-23-22-13(24(17)2)7-19-15(26)11-5-3-4-6-12(11)18/h3-6,8H,7,9H2,1-2H3,(H,19,26)(H,20,21,25). The molecule has 3 rings (SSSR count). The zero-order valence-corrected chi connectivity index (χ0v) is 16.7. The first-order valence-electron chi connectivity index (χ1n) is 8.20. The third-order valence-corrected chi connectivity index (χ3v) is 5.54. The Morgan fingerprint density at radius 2 is 2.07 bits per heavy atom. The van der Waals surface area contributed by atoms with Crippen LogP contribution in [0.5, 0.6) is 0 Å². The molecule has 1 aromatic carbocycles. The number of amides is 2. The lowest BCUT2D eigenvalue weighted by molar-refractivity contribution is -0.113. The summed E-state index contributed by atoms with van der Waals surface area (Å²) >= 11 is 2.58.